The smallest absolute Gasteiger partial charge is 0.326 e. The second-order valence-electron chi connectivity index (χ2n) is 8.96. The molecule has 0 saturated heterocycles. The van der Waals surface area contributed by atoms with Crippen LogP contribution in [0.25, 0.3) is 0 Å². The zero-order chi connectivity index (χ0) is 29.7. The van der Waals surface area contributed by atoms with Crippen molar-refractivity contribution in [1.82, 2.24) is 25.9 Å². The number of nitrogens with two attached hydrogens (primary N) is 1. The van der Waals surface area contributed by atoms with Gasteiger partial charge in [0, 0.05) is 37.6 Å². The van der Waals surface area contributed by atoms with Gasteiger partial charge in [-0.3, -0.25) is 24.0 Å². The number of imidazole rings is 1. The Hall–Kier alpha value is -4.79. The minimum atomic E-state index is -1.43. The summed E-state index contributed by atoms with van der Waals surface area (Å²) in [6.07, 6.45) is 1.08. The van der Waals surface area contributed by atoms with Gasteiger partial charge in [0.2, 0.25) is 17.7 Å². The number of H-pyrrole nitrogens is 1. The van der Waals surface area contributed by atoms with E-state index in [9.17, 15) is 33.9 Å². The number of benzene rings is 1. The number of amides is 3. The Balaban J connectivity index is 2.20. The van der Waals surface area contributed by atoms with Crippen LogP contribution in [0.3, 0.4) is 0 Å². The minimum Gasteiger partial charge on any atom is -0.481 e. The molecule has 15 heteroatoms. The third-order valence-electron chi connectivity index (χ3n) is 5.79. The molecule has 1 aromatic heterocycles. The van der Waals surface area contributed by atoms with Crippen molar-refractivity contribution >= 4 is 35.6 Å². The molecule has 4 atom stereocenters. The fourth-order valence-corrected chi connectivity index (χ4v) is 3.65. The number of carboxylic acids is 3. The van der Waals surface area contributed by atoms with E-state index in [1.54, 1.807) is 30.3 Å². The maximum Gasteiger partial charge on any atom is 0.326 e. The van der Waals surface area contributed by atoms with E-state index in [4.69, 9.17) is 15.9 Å². The first kappa shape index (κ1) is 31.4. The van der Waals surface area contributed by atoms with Crippen LogP contribution in [0.1, 0.15) is 36.9 Å². The first-order valence-corrected chi connectivity index (χ1v) is 12.3. The van der Waals surface area contributed by atoms with Gasteiger partial charge in [-0.05, 0) is 18.4 Å². The van der Waals surface area contributed by atoms with E-state index in [0.29, 0.717) is 11.3 Å². The summed E-state index contributed by atoms with van der Waals surface area (Å²) in [5.74, 6) is -6.37. The van der Waals surface area contributed by atoms with Crippen molar-refractivity contribution in [3.63, 3.8) is 0 Å². The summed E-state index contributed by atoms with van der Waals surface area (Å²) in [6, 6.07) is 3.21. The summed E-state index contributed by atoms with van der Waals surface area (Å²) in [5, 5.41) is 34.7. The molecule has 2 rings (SSSR count). The molecule has 0 aliphatic heterocycles. The van der Waals surface area contributed by atoms with Crippen LogP contribution >= 0.6 is 0 Å². The molecule has 40 heavy (non-hydrogen) atoms. The average molecular weight is 561 g/mol. The van der Waals surface area contributed by atoms with Crippen LogP contribution < -0.4 is 21.7 Å². The van der Waals surface area contributed by atoms with Crippen molar-refractivity contribution in [1.29, 1.82) is 0 Å². The second kappa shape index (κ2) is 15.6. The van der Waals surface area contributed by atoms with Gasteiger partial charge >= 0.3 is 17.9 Å². The molecule has 15 nitrogen and oxygen atoms in total. The van der Waals surface area contributed by atoms with E-state index in [1.807, 2.05) is 0 Å². The number of nitrogens with one attached hydrogen (secondary N) is 4. The molecule has 9 N–H and O–H groups in total. The number of nitrogens with zero attached hydrogens (tertiary/aromatic N) is 1. The van der Waals surface area contributed by atoms with Crippen LogP contribution in [-0.4, -0.2) is 85.1 Å². The number of hydrogen-bond donors (Lipinski definition) is 8. The Morgan fingerprint density at radius 2 is 1.35 bits per heavy atom. The van der Waals surface area contributed by atoms with Crippen LogP contribution in [0.2, 0.25) is 0 Å². The third kappa shape index (κ3) is 10.9. The van der Waals surface area contributed by atoms with Crippen molar-refractivity contribution < 1.29 is 44.1 Å². The lowest BCUT2D eigenvalue weighted by atomic mass is 10.0. The van der Waals surface area contributed by atoms with Crippen molar-refractivity contribution in [2.45, 2.75) is 62.7 Å². The molecule has 0 bridgehead atoms. The zero-order valence-electron chi connectivity index (χ0n) is 21.4. The summed E-state index contributed by atoms with van der Waals surface area (Å²) in [5.41, 5.74) is 6.78. The van der Waals surface area contributed by atoms with Gasteiger partial charge in [0.15, 0.2) is 0 Å². The Bertz CT molecular complexity index is 1170. The van der Waals surface area contributed by atoms with Gasteiger partial charge in [-0.15, -0.1) is 0 Å². The van der Waals surface area contributed by atoms with Gasteiger partial charge < -0.3 is 42.0 Å². The monoisotopic (exact) mass is 560 g/mol. The highest BCUT2D eigenvalue weighted by Gasteiger charge is 2.31. The summed E-state index contributed by atoms with van der Waals surface area (Å²) in [7, 11) is 0. The Kier molecular flexibility index (Phi) is 12.2. The topological polar surface area (TPSA) is 254 Å². The lowest BCUT2D eigenvalue weighted by Gasteiger charge is -2.25. The quantitative estimate of drug-likeness (QED) is 0.114. The molecule has 3 amide bonds. The molecule has 216 valence electrons. The molecule has 2 aromatic rings. The third-order valence-corrected chi connectivity index (χ3v) is 5.79. The highest BCUT2D eigenvalue weighted by atomic mass is 16.4. The van der Waals surface area contributed by atoms with E-state index in [-0.39, 0.29) is 25.7 Å². The maximum atomic E-state index is 13.2. The molecule has 0 aliphatic carbocycles. The molecule has 0 aliphatic rings. The number of carbonyl (C=O) groups is 6. The summed E-state index contributed by atoms with van der Waals surface area (Å²) in [4.78, 5) is 79.2. The van der Waals surface area contributed by atoms with E-state index in [1.165, 1.54) is 12.5 Å². The van der Waals surface area contributed by atoms with Gasteiger partial charge in [-0.2, -0.15) is 0 Å². The van der Waals surface area contributed by atoms with Crippen LogP contribution in [-0.2, 0) is 41.6 Å². The Labute approximate surface area is 228 Å². The van der Waals surface area contributed by atoms with E-state index < -0.39 is 72.6 Å². The zero-order valence-corrected chi connectivity index (χ0v) is 21.4. The Morgan fingerprint density at radius 1 is 0.775 bits per heavy atom. The van der Waals surface area contributed by atoms with Crippen molar-refractivity contribution in [2.75, 3.05) is 0 Å². The van der Waals surface area contributed by atoms with Crippen molar-refractivity contribution in [3.8, 4) is 0 Å². The first-order valence-electron chi connectivity index (χ1n) is 12.3. The molecular weight excluding hydrogens is 528 g/mol. The Morgan fingerprint density at radius 3 is 1.93 bits per heavy atom. The normalized spacial score (nSPS) is 13.7. The first-order chi connectivity index (χ1) is 19.0. The lowest BCUT2D eigenvalue weighted by molar-refractivity contribution is -0.142. The van der Waals surface area contributed by atoms with Gasteiger partial charge in [-0.25, -0.2) is 9.78 Å². The summed E-state index contributed by atoms with van der Waals surface area (Å²) >= 11 is 0. The molecule has 4 unspecified atom stereocenters. The van der Waals surface area contributed by atoms with Gasteiger partial charge in [0.25, 0.3) is 0 Å². The predicted octanol–water partition coefficient (Wildman–Crippen LogP) is -1.21. The number of aliphatic carboxylic acids is 3. The number of carboxylic acid groups (broad SMARTS) is 3. The summed E-state index contributed by atoms with van der Waals surface area (Å²) in [6.45, 7) is 0. The second-order valence-corrected chi connectivity index (χ2v) is 8.96. The van der Waals surface area contributed by atoms with Crippen LogP contribution in [0.15, 0.2) is 42.9 Å². The SMILES string of the molecule is NC(CCC(=O)O)C(=O)NC(CCC(=O)O)C(=O)NC(Cc1cnc[nH]1)C(=O)NC(Cc1ccccc1)C(=O)O. The molecule has 0 saturated carbocycles. The number of aromatic amines is 1. The number of hydrogen-bond acceptors (Lipinski definition) is 8. The van der Waals surface area contributed by atoms with E-state index >= 15 is 0 Å². The molecule has 0 spiro atoms. The number of carbonyl (C=O) groups excluding carboxylic acids is 3. The molecule has 1 aromatic carbocycles. The van der Waals surface area contributed by atoms with E-state index in [0.717, 1.165) is 0 Å². The number of aromatic nitrogens is 2. The number of rotatable bonds is 17. The van der Waals surface area contributed by atoms with Crippen molar-refractivity contribution in [3.05, 3.63) is 54.1 Å². The maximum absolute atomic E-state index is 13.2. The molecule has 0 radical (unpaired) electrons. The van der Waals surface area contributed by atoms with Crippen LogP contribution in [0.4, 0.5) is 0 Å². The highest BCUT2D eigenvalue weighted by Crippen LogP contribution is 2.07. The standard InChI is InChI=1S/C25H32N6O9/c26-16(6-8-20(32)33)22(36)29-17(7-9-21(34)35)23(37)30-18(11-15-12-27-13-28-15)24(38)31-19(25(39)40)10-14-4-2-1-3-5-14/h1-5,12-13,16-19H,6-11,26H2,(H,27,28)(H,29,36)(H,30,37)(H,31,38)(H,32,33)(H,34,35)(H,39,40). The largest absolute Gasteiger partial charge is 0.481 e. The minimum absolute atomic E-state index is 0.0296. The fraction of sp³-hybridized carbons (Fsp3) is 0.400. The highest BCUT2D eigenvalue weighted by molar-refractivity contribution is 5.94. The van der Waals surface area contributed by atoms with Gasteiger partial charge in [0.05, 0.1) is 12.4 Å². The van der Waals surface area contributed by atoms with E-state index in [2.05, 4.69) is 25.9 Å². The average Bonchev–Trinajstić information content (AvgIpc) is 3.42. The fourth-order valence-electron chi connectivity index (χ4n) is 3.65. The van der Waals surface area contributed by atoms with Crippen molar-refractivity contribution in [2.24, 2.45) is 5.73 Å². The molecular formula is C25H32N6O9. The van der Waals surface area contributed by atoms with Gasteiger partial charge in [-0.1, -0.05) is 30.3 Å². The summed E-state index contributed by atoms with van der Waals surface area (Å²) < 4.78 is 0. The lowest BCUT2D eigenvalue weighted by Crippen LogP contribution is -2.58. The van der Waals surface area contributed by atoms with Gasteiger partial charge in [0.1, 0.15) is 18.1 Å². The molecule has 0 fully saturated rings. The van der Waals surface area contributed by atoms with Crippen LogP contribution in [0, 0.1) is 0 Å². The van der Waals surface area contributed by atoms with Crippen LogP contribution in [0.5, 0.6) is 0 Å². The molecule has 1 heterocycles. The predicted molar refractivity (Wildman–Crippen MR) is 138 cm³/mol.